The van der Waals surface area contributed by atoms with Crippen molar-refractivity contribution in [3.8, 4) is 11.1 Å². The number of pyridine rings is 1. The summed E-state index contributed by atoms with van der Waals surface area (Å²) >= 11 is 0. The summed E-state index contributed by atoms with van der Waals surface area (Å²) in [5.74, 6) is -1.62. The van der Waals surface area contributed by atoms with Gasteiger partial charge >= 0.3 is 12.1 Å². The first-order valence-corrected chi connectivity index (χ1v) is 11.3. The lowest BCUT2D eigenvalue weighted by molar-refractivity contribution is -0.148. The molecule has 9 nitrogen and oxygen atoms in total. The molecule has 2 aliphatic rings. The molecule has 1 saturated heterocycles. The molecule has 1 aliphatic heterocycles. The molecule has 0 spiro atoms. The second kappa shape index (κ2) is 9.55. The molecular formula is C26H23N3O6. The van der Waals surface area contributed by atoms with E-state index in [2.05, 4.69) is 27.8 Å². The number of amides is 2. The largest absolute Gasteiger partial charge is 0.479 e. The van der Waals surface area contributed by atoms with Crippen LogP contribution >= 0.6 is 0 Å². The average molecular weight is 473 g/mol. The van der Waals surface area contributed by atoms with Crippen LogP contribution in [0.2, 0.25) is 0 Å². The highest BCUT2D eigenvalue weighted by molar-refractivity contribution is 5.94. The van der Waals surface area contributed by atoms with E-state index in [-0.39, 0.29) is 30.6 Å². The van der Waals surface area contributed by atoms with Crippen molar-refractivity contribution in [2.75, 3.05) is 18.5 Å². The van der Waals surface area contributed by atoms with Crippen molar-refractivity contribution in [2.45, 2.75) is 24.5 Å². The number of ether oxygens (including phenoxy) is 2. The molecule has 0 radical (unpaired) electrons. The maximum atomic E-state index is 12.6. The van der Waals surface area contributed by atoms with Crippen LogP contribution < -0.4 is 10.6 Å². The third-order valence-corrected chi connectivity index (χ3v) is 6.21. The Kier molecular flexibility index (Phi) is 6.15. The Morgan fingerprint density at radius 3 is 2.34 bits per heavy atom. The molecule has 2 amide bonds. The summed E-state index contributed by atoms with van der Waals surface area (Å²) in [6.45, 7) is 0.400. The standard InChI is InChI=1S/C26H23N3O6/c30-24(28-20-12-13-34-23(20)25(31)32)21-10-5-11-22(27-21)29-26(33)35-14-19-17-8-3-1-6-15(17)16-7-2-4-9-18(16)19/h1-11,19-20,23H,12-14H2,(H,28,30)(H,31,32)(H,27,29,33). The maximum absolute atomic E-state index is 12.6. The summed E-state index contributed by atoms with van der Waals surface area (Å²) in [5, 5.41) is 14.4. The van der Waals surface area contributed by atoms with Gasteiger partial charge < -0.3 is 19.9 Å². The van der Waals surface area contributed by atoms with Gasteiger partial charge in [-0.1, -0.05) is 54.6 Å². The van der Waals surface area contributed by atoms with Gasteiger partial charge in [-0.05, 0) is 40.8 Å². The lowest BCUT2D eigenvalue weighted by Crippen LogP contribution is -2.44. The summed E-state index contributed by atoms with van der Waals surface area (Å²) in [5.41, 5.74) is 4.52. The van der Waals surface area contributed by atoms with Crippen LogP contribution in [0.1, 0.15) is 34.0 Å². The molecule has 3 N–H and O–H groups in total. The highest BCUT2D eigenvalue weighted by Gasteiger charge is 2.35. The summed E-state index contributed by atoms with van der Waals surface area (Å²) in [7, 11) is 0. The number of hydrogen-bond acceptors (Lipinski definition) is 6. The van der Waals surface area contributed by atoms with E-state index in [9.17, 15) is 19.5 Å². The van der Waals surface area contributed by atoms with E-state index < -0.39 is 30.1 Å². The molecule has 0 bridgehead atoms. The van der Waals surface area contributed by atoms with E-state index in [0.717, 1.165) is 22.3 Å². The predicted molar refractivity (Wildman–Crippen MR) is 126 cm³/mol. The van der Waals surface area contributed by atoms with Crippen molar-refractivity contribution in [1.82, 2.24) is 10.3 Å². The van der Waals surface area contributed by atoms with Crippen LogP contribution in [0.4, 0.5) is 10.6 Å². The minimum atomic E-state index is -1.13. The third-order valence-electron chi connectivity index (χ3n) is 6.21. The molecule has 2 unspecified atom stereocenters. The van der Waals surface area contributed by atoms with E-state index in [1.54, 1.807) is 6.07 Å². The SMILES string of the molecule is O=C(Nc1cccc(C(=O)NC2CCOC2C(=O)O)n1)OCC1c2ccccc2-c2ccccc21. The maximum Gasteiger partial charge on any atom is 0.412 e. The van der Waals surface area contributed by atoms with E-state index in [4.69, 9.17) is 9.47 Å². The van der Waals surface area contributed by atoms with E-state index in [0.29, 0.717) is 6.42 Å². The zero-order chi connectivity index (χ0) is 24.4. The predicted octanol–water partition coefficient (Wildman–Crippen LogP) is 3.41. The normalized spacial score (nSPS) is 18.4. The molecule has 2 aromatic carbocycles. The number of carboxylic acid groups (broad SMARTS) is 1. The van der Waals surface area contributed by atoms with Crippen LogP contribution in [0.5, 0.6) is 0 Å². The second-order valence-electron chi connectivity index (χ2n) is 8.36. The van der Waals surface area contributed by atoms with Crippen LogP contribution in [0.15, 0.2) is 66.7 Å². The molecule has 5 rings (SSSR count). The Hall–Kier alpha value is -4.24. The molecule has 1 fully saturated rings. The van der Waals surface area contributed by atoms with E-state index in [1.165, 1.54) is 12.1 Å². The first-order chi connectivity index (χ1) is 17.0. The van der Waals surface area contributed by atoms with Crippen molar-refractivity contribution in [1.29, 1.82) is 0 Å². The van der Waals surface area contributed by atoms with Gasteiger partial charge in [-0.3, -0.25) is 10.1 Å². The Labute approximate surface area is 201 Å². The molecular weight excluding hydrogens is 450 g/mol. The minimum Gasteiger partial charge on any atom is -0.479 e. The Balaban J connectivity index is 1.22. The Morgan fingerprint density at radius 1 is 0.971 bits per heavy atom. The number of rotatable bonds is 6. The monoisotopic (exact) mass is 473 g/mol. The summed E-state index contributed by atoms with van der Waals surface area (Å²) in [6.07, 6.45) is -1.39. The zero-order valence-corrected chi connectivity index (χ0v) is 18.6. The first kappa shape index (κ1) is 22.5. The van der Waals surface area contributed by atoms with Crippen LogP contribution in [0.25, 0.3) is 11.1 Å². The van der Waals surface area contributed by atoms with Gasteiger partial charge in [0.05, 0.1) is 6.04 Å². The highest BCUT2D eigenvalue weighted by Crippen LogP contribution is 2.44. The van der Waals surface area contributed by atoms with Gasteiger partial charge in [0.1, 0.15) is 18.1 Å². The Bertz CT molecular complexity index is 1250. The number of fused-ring (bicyclic) bond motifs is 3. The number of hydrogen-bond donors (Lipinski definition) is 3. The molecule has 0 saturated carbocycles. The van der Waals surface area contributed by atoms with Crippen molar-refractivity contribution in [3.05, 3.63) is 83.6 Å². The average Bonchev–Trinajstić information content (AvgIpc) is 3.45. The lowest BCUT2D eigenvalue weighted by atomic mass is 9.98. The number of aromatic nitrogens is 1. The smallest absolute Gasteiger partial charge is 0.412 e. The second-order valence-corrected chi connectivity index (χ2v) is 8.36. The van der Waals surface area contributed by atoms with Crippen molar-refractivity contribution in [2.24, 2.45) is 0 Å². The van der Waals surface area contributed by atoms with Crippen LogP contribution in [-0.4, -0.2) is 53.4 Å². The number of anilines is 1. The number of nitrogens with zero attached hydrogens (tertiary/aromatic N) is 1. The molecule has 1 aromatic heterocycles. The molecule has 35 heavy (non-hydrogen) atoms. The number of carboxylic acids is 1. The third kappa shape index (κ3) is 4.58. The fourth-order valence-electron chi connectivity index (χ4n) is 4.59. The fraction of sp³-hybridized carbons (Fsp3) is 0.231. The van der Waals surface area contributed by atoms with Crippen LogP contribution in [-0.2, 0) is 14.3 Å². The van der Waals surface area contributed by atoms with Gasteiger partial charge in [-0.15, -0.1) is 0 Å². The number of carbonyl (C=O) groups excluding carboxylic acids is 2. The van der Waals surface area contributed by atoms with Gasteiger partial charge in [0.15, 0.2) is 6.10 Å². The molecule has 3 aromatic rings. The first-order valence-electron chi connectivity index (χ1n) is 11.3. The van der Waals surface area contributed by atoms with E-state index in [1.807, 2.05) is 36.4 Å². The lowest BCUT2D eigenvalue weighted by Gasteiger charge is -2.16. The molecule has 9 heteroatoms. The van der Waals surface area contributed by atoms with Crippen LogP contribution in [0, 0.1) is 0 Å². The Morgan fingerprint density at radius 2 is 1.66 bits per heavy atom. The summed E-state index contributed by atoms with van der Waals surface area (Å²) in [6, 6.07) is 20.0. The van der Waals surface area contributed by atoms with Gasteiger partial charge in [0, 0.05) is 12.5 Å². The molecule has 178 valence electrons. The number of benzene rings is 2. The summed E-state index contributed by atoms with van der Waals surface area (Å²) in [4.78, 5) is 40.5. The van der Waals surface area contributed by atoms with Gasteiger partial charge in [-0.2, -0.15) is 0 Å². The van der Waals surface area contributed by atoms with Crippen LogP contribution in [0.3, 0.4) is 0 Å². The number of aliphatic carboxylic acids is 1. The van der Waals surface area contributed by atoms with Gasteiger partial charge in [-0.25, -0.2) is 14.6 Å². The fourth-order valence-corrected chi connectivity index (χ4v) is 4.59. The van der Waals surface area contributed by atoms with E-state index >= 15 is 0 Å². The molecule has 1 aliphatic carbocycles. The summed E-state index contributed by atoms with van der Waals surface area (Å²) < 4.78 is 10.7. The van der Waals surface area contributed by atoms with Crippen molar-refractivity contribution in [3.63, 3.8) is 0 Å². The van der Waals surface area contributed by atoms with Crippen molar-refractivity contribution >= 4 is 23.8 Å². The van der Waals surface area contributed by atoms with Crippen molar-refractivity contribution < 1.29 is 29.0 Å². The minimum absolute atomic E-state index is 0.0393. The highest BCUT2D eigenvalue weighted by atomic mass is 16.5. The topological polar surface area (TPSA) is 127 Å². The molecule has 2 heterocycles. The van der Waals surface area contributed by atoms with Gasteiger partial charge in [0.2, 0.25) is 0 Å². The quantitative estimate of drug-likeness (QED) is 0.501. The van der Waals surface area contributed by atoms with Gasteiger partial charge in [0.25, 0.3) is 5.91 Å². The number of nitrogens with one attached hydrogen (secondary N) is 2. The number of carbonyl (C=O) groups is 3. The molecule has 2 atom stereocenters. The zero-order valence-electron chi connectivity index (χ0n) is 18.6.